The first-order chi connectivity index (χ1) is 16.4. The van der Waals surface area contributed by atoms with Gasteiger partial charge in [-0.05, 0) is 37.0 Å². The van der Waals surface area contributed by atoms with Gasteiger partial charge in [-0.15, -0.1) is 0 Å². The van der Waals surface area contributed by atoms with Crippen molar-refractivity contribution in [2.45, 2.75) is 62.3 Å². The number of likely N-dealkylation sites (tertiary alicyclic amines) is 2. The highest BCUT2D eigenvalue weighted by Crippen LogP contribution is 2.44. The molecule has 2 aromatic rings. The summed E-state index contributed by atoms with van der Waals surface area (Å²) in [5.41, 5.74) is -0.869. The molecular weight excluding hydrogens is 438 g/mol. The number of halogens is 2. The zero-order valence-corrected chi connectivity index (χ0v) is 19.0. The summed E-state index contributed by atoms with van der Waals surface area (Å²) < 4.78 is 29.3. The third-order valence-corrected chi connectivity index (χ3v) is 7.77. The molecule has 0 spiro atoms. The lowest BCUT2D eigenvalue weighted by atomic mass is 9.75. The first kappa shape index (κ1) is 22.7. The van der Waals surface area contributed by atoms with E-state index in [1.807, 2.05) is 0 Å². The van der Waals surface area contributed by atoms with Crippen LogP contribution >= 0.6 is 0 Å². The number of carbonyl (C=O) groups is 3. The van der Waals surface area contributed by atoms with Crippen LogP contribution in [-0.2, 0) is 19.8 Å². The van der Waals surface area contributed by atoms with Crippen LogP contribution in [0.4, 0.5) is 8.78 Å². The van der Waals surface area contributed by atoms with Gasteiger partial charge in [0.1, 0.15) is 11.6 Å². The van der Waals surface area contributed by atoms with Crippen molar-refractivity contribution >= 4 is 17.7 Å². The molecule has 7 heteroatoms. The summed E-state index contributed by atoms with van der Waals surface area (Å²) in [4.78, 5) is 43.2. The maximum Gasteiger partial charge on any atom is 0.241 e. The van der Waals surface area contributed by atoms with Crippen LogP contribution in [-0.4, -0.2) is 46.7 Å². The van der Waals surface area contributed by atoms with Gasteiger partial charge in [0.2, 0.25) is 17.7 Å². The monoisotopic (exact) mass is 466 g/mol. The van der Waals surface area contributed by atoms with Gasteiger partial charge in [-0.25, -0.2) is 8.78 Å². The summed E-state index contributed by atoms with van der Waals surface area (Å²) >= 11 is 0. The van der Waals surface area contributed by atoms with E-state index in [4.69, 9.17) is 0 Å². The summed E-state index contributed by atoms with van der Waals surface area (Å²) in [6, 6.07) is 12.3. The fourth-order valence-corrected chi connectivity index (χ4v) is 6.00. The molecule has 0 radical (unpaired) electrons. The van der Waals surface area contributed by atoms with E-state index >= 15 is 0 Å². The smallest absolute Gasteiger partial charge is 0.241 e. The minimum absolute atomic E-state index is 0.104. The molecule has 0 N–H and O–H groups in total. The molecule has 0 aromatic heterocycles. The predicted molar refractivity (Wildman–Crippen MR) is 122 cm³/mol. The Hall–Kier alpha value is -3.09. The van der Waals surface area contributed by atoms with Crippen molar-refractivity contribution in [2.24, 2.45) is 0 Å². The van der Waals surface area contributed by atoms with Crippen molar-refractivity contribution in [3.05, 3.63) is 71.3 Å². The molecule has 2 aromatic carbocycles. The highest BCUT2D eigenvalue weighted by molar-refractivity contribution is 6.11. The normalized spacial score (nSPS) is 25.5. The SMILES string of the molecule is O=C(C[C@@]1(c2ccccc2F)CC(=O)N(C2CCCC2)C1=O)N1CC[C@H](c2ccccc2F)C1. The van der Waals surface area contributed by atoms with Gasteiger partial charge in [0, 0.05) is 43.5 Å². The number of amides is 3. The number of imide groups is 1. The second-order valence-corrected chi connectivity index (χ2v) is 9.77. The molecule has 0 bridgehead atoms. The highest BCUT2D eigenvalue weighted by Gasteiger charge is 2.57. The van der Waals surface area contributed by atoms with Crippen LogP contribution in [0, 0.1) is 11.6 Å². The molecule has 2 aliphatic heterocycles. The summed E-state index contributed by atoms with van der Waals surface area (Å²) in [7, 11) is 0. The highest BCUT2D eigenvalue weighted by atomic mass is 19.1. The number of hydrogen-bond acceptors (Lipinski definition) is 3. The van der Waals surface area contributed by atoms with Crippen molar-refractivity contribution < 1.29 is 23.2 Å². The van der Waals surface area contributed by atoms with E-state index in [0.29, 0.717) is 25.1 Å². The van der Waals surface area contributed by atoms with Crippen molar-refractivity contribution in [3.8, 4) is 0 Å². The predicted octanol–water partition coefficient (Wildman–Crippen LogP) is 4.31. The molecule has 2 heterocycles. The molecule has 3 aliphatic rings. The maximum absolute atomic E-state index is 15.0. The Labute approximate surface area is 197 Å². The lowest BCUT2D eigenvalue weighted by Crippen LogP contribution is -2.46. The van der Waals surface area contributed by atoms with Gasteiger partial charge in [0.05, 0.1) is 5.41 Å². The van der Waals surface area contributed by atoms with E-state index in [-0.39, 0.29) is 48.0 Å². The van der Waals surface area contributed by atoms with Gasteiger partial charge in [-0.2, -0.15) is 0 Å². The second-order valence-electron chi connectivity index (χ2n) is 9.77. The van der Waals surface area contributed by atoms with Gasteiger partial charge in [0.15, 0.2) is 0 Å². The fraction of sp³-hybridized carbons (Fsp3) is 0.444. The summed E-state index contributed by atoms with van der Waals surface area (Å²) in [6.07, 6.45) is 3.51. The van der Waals surface area contributed by atoms with Crippen LogP contribution in [0.1, 0.15) is 62.0 Å². The van der Waals surface area contributed by atoms with Crippen molar-refractivity contribution in [3.63, 3.8) is 0 Å². The zero-order chi connectivity index (χ0) is 23.9. The van der Waals surface area contributed by atoms with Gasteiger partial charge < -0.3 is 4.90 Å². The van der Waals surface area contributed by atoms with Crippen LogP contribution in [0.2, 0.25) is 0 Å². The number of nitrogens with zero attached hydrogens (tertiary/aromatic N) is 2. The molecule has 5 nitrogen and oxygen atoms in total. The van der Waals surface area contributed by atoms with E-state index in [2.05, 4.69) is 0 Å². The molecule has 0 unspecified atom stereocenters. The van der Waals surface area contributed by atoms with Crippen LogP contribution < -0.4 is 0 Å². The molecule has 3 fully saturated rings. The quantitative estimate of drug-likeness (QED) is 0.617. The lowest BCUT2D eigenvalue weighted by molar-refractivity contribution is -0.144. The Morgan fingerprint density at radius 3 is 2.32 bits per heavy atom. The minimum atomic E-state index is -1.54. The van der Waals surface area contributed by atoms with Crippen LogP contribution in [0.5, 0.6) is 0 Å². The van der Waals surface area contributed by atoms with Crippen LogP contribution in [0.15, 0.2) is 48.5 Å². The van der Waals surface area contributed by atoms with E-state index in [1.54, 1.807) is 29.2 Å². The molecule has 2 saturated heterocycles. The number of benzene rings is 2. The third kappa shape index (κ3) is 3.81. The average molecular weight is 467 g/mol. The molecule has 1 aliphatic carbocycles. The van der Waals surface area contributed by atoms with Gasteiger partial charge in [-0.1, -0.05) is 49.2 Å². The van der Waals surface area contributed by atoms with Crippen molar-refractivity contribution in [1.82, 2.24) is 9.80 Å². The van der Waals surface area contributed by atoms with E-state index in [1.165, 1.54) is 29.2 Å². The fourth-order valence-electron chi connectivity index (χ4n) is 6.00. The summed E-state index contributed by atoms with van der Waals surface area (Å²) in [5, 5.41) is 0. The summed E-state index contributed by atoms with van der Waals surface area (Å²) in [6.45, 7) is 0.765. The Balaban J connectivity index is 1.43. The van der Waals surface area contributed by atoms with Crippen LogP contribution in [0.25, 0.3) is 0 Å². The number of carbonyl (C=O) groups excluding carboxylic acids is 3. The Morgan fingerprint density at radius 2 is 1.62 bits per heavy atom. The Bertz CT molecular complexity index is 1130. The molecule has 34 heavy (non-hydrogen) atoms. The lowest BCUT2D eigenvalue weighted by Gasteiger charge is -2.31. The summed E-state index contributed by atoms with van der Waals surface area (Å²) in [5.74, 6) is -2.13. The van der Waals surface area contributed by atoms with Gasteiger partial charge in [0.25, 0.3) is 0 Å². The van der Waals surface area contributed by atoms with Gasteiger partial charge >= 0.3 is 0 Å². The van der Waals surface area contributed by atoms with Gasteiger partial charge in [-0.3, -0.25) is 19.3 Å². The van der Waals surface area contributed by atoms with E-state index < -0.39 is 17.1 Å². The Morgan fingerprint density at radius 1 is 0.941 bits per heavy atom. The minimum Gasteiger partial charge on any atom is -0.342 e. The second kappa shape index (κ2) is 8.93. The molecule has 1 saturated carbocycles. The number of hydrogen-bond donors (Lipinski definition) is 0. The molecular formula is C27H28F2N2O3. The molecule has 5 rings (SSSR count). The van der Waals surface area contributed by atoms with Crippen molar-refractivity contribution in [2.75, 3.05) is 13.1 Å². The van der Waals surface area contributed by atoms with E-state index in [0.717, 1.165) is 25.7 Å². The maximum atomic E-state index is 15.0. The first-order valence-electron chi connectivity index (χ1n) is 12.0. The average Bonchev–Trinajstić information content (AvgIpc) is 3.56. The largest absolute Gasteiger partial charge is 0.342 e. The number of rotatable bonds is 5. The van der Waals surface area contributed by atoms with Crippen molar-refractivity contribution in [1.29, 1.82) is 0 Å². The molecule has 178 valence electrons. The standard InChI is InChI=1S/C27H28F2N2O3/c28-22-11-5-3-9-20(22)18-13-14-30(17-18)24(32)15-27(21-10-4-6-12-23(21)29)16-25(33)31(26(27)34)19-7-1-2-8-19/h3-6,9-12,18-19H,1-2,7-8,13-17H2/t18-,27-/m0/s1. The third-order valence-electron chi connectivity index (χ3n) is 7.77. The topological polar surface area (TPSA) is 57.7 Å². The first-order valence-corrected chi connectivity index (χ1v) is 12.0. The van der Waals surface area contributed by atoms with E-state index in [9.17, 15) is 23.2 Å². The zero-order valence-electron chi connectivity index (χ0n) is 19.0. The molecule has 2 atom stereocenters. The molecule has 3 amide bonds. The Kier molecular flexibility index (Phi) is 5.96. The van der Waals surface area contributed by atoms with Crippen LogP contribution in [0.3, 0.4) is 0 Å².